The monoisotopic (exact) mass is 186 g/mol. The first-order valence-corrected chi connectivity index (χ1v) is 5.41. The summed E-state index contributed by atoms with van der Waals surface area (Å²) in [7, 11) is 0. The second-order valence-electron chi connectivity index (χ2n) is 3.82. The van der Waals surface area contributed by atoms with Gasteiger partial charge in [-0.15, -0.1) is 0 Å². The number of nitrogens with two attached hydrogens (primary N) is 1. The molecule has 0 amide bonds. The molecule has 1 aliphatic carbocycles. The van der Waals surface area contributed by atoms with Crippen molar-refractivity contribution in [2.45, 2.75) is 51.7 Å². The topological polar surface area (TPSA) is 47.3 Å². The Balaban J connectivity index is 2.38. The highest BCUT2D eigenvalue weighted by Crippen LogP contribution is 2.36. The van der Waals surface area contributed by atoms with E-state index in [2.05, 4.69) is 19.3 Å². The van der Waals surface area contributed by atoms with Crippen molar-refractivity contribution >= 4 is 0 Å². The smallest absolute Gasteiger partial charge is 0.0769 e. The van der Waals surface area contributed by atoms with Crippen molar-refractivity contribution in [3.8, 4) is 0 Å². The molecule has 0 aromatic heterocycles. The van der Waals surface area contributed by atoms with Crippen molar-refractivity contribution < 1.29 is 4.74 Å². The second-order valence-corrected chi connectivity index (χ2v) is 3.82. The summed E-state index contributed by atoms with van der Waals surface area (Å²) in [6.45, 7) is 5.03. The highest BCUT2D eigenvalue weighted by atomic mass is 16.5. The minimum Gasteiger partial charge on any atom is -0.377 e. The van der Waals surface area contributed by atoms with E-state index in [1.165, 1.54) is 12.8 Å². The predicted octanol–water partition coefficient (Wildman–Crippen LogP) is 1.43. The van der Waals surface area contributed by atoms with Gasteiger partial charge in [0.15, 0.2) is 0 Å². The minimum atomic E-state index is 0.343. The van der Waals surface area contributed by atoms with Gasteiger partial charge >= 0.3 is 0 Å². The Bertz CT molecular complexity index is 137. The van der Waals surface area contributed by atoms with Gasteiger partial charge in [-0.3, -0.25) is 11.3 Å². The van der Waals surface area contributed by atoms with Crippen LogP contribution < -0.4 is 11.3 Å². The molecule has 2 atom stereocenters. The van der Waals surface area contributed by atoms with Crippen molar-refractivity contribution in [1.82, 2.24) is 5.43 Å². The van der Waals surface area contributed by atoms with Crippen molar-refractivity contribution in [2.75, 3.05) is 6.61 Å². The van der Waals surface area contributed by atoms with Gasteiger partial charge in [0.25, 0.3) is 0 Å². The zero-order chi connectivity index (χ0) is 9.68. The van der Waals surface area contributed by atoms with Crippen LogP contribution in [0.5, 0.6) is 0 Å². The van der Waals surface area contributed by atoms with E-state index in [9.17, 15) is 0 Å². The van der Waals surface area contributed by atoms with Crippen LogP contribution in [0.4, 0.5) is 0 Å². The molecule has 0 aromatic rings. The predicted molar refractivity (Wildman–Crippen MR) is 54.2 cm³/mol. The third kappa shape index (κ3) is 3.25. The van der Waals surface area contributed by atoms with Gasteiger partial charge in [0.1, 0.15) is 0 Å². The van der Waals surface area contributed by atoms with Gasteiger partial charge in [-0.25, -0.2) is 0 Å². The third-order valence-electron chi connectivity index (χ3n) is 2.66. The molecule has 1 saturated carbocycles. The summed E-state index contributed by atoms with van der Waals surface area (Å²) in [5, 5.41) is 0. The van der Waals surface area contributed by atoms with Crippen LogP contribution in [0.3, 0.4) is 0 Å². The maximum Gasteiger partial charge on any atom is 0.0769 e. The van der Waals surface area contributed by atoms with Crippen LogP contribution in [0.2, 0.25) is 0 Å². The summed E-state index contributed by atoms with van der Waals surface area (Å²) in [6.07, 6.45) is 5.23. The molecular weight excluding hydrogens is 164 g/mol. The van der Waals surface area contributed by atoms with E-state index in [0.29, 0.717) is 12.1 Å². The number of ether oxygens (including phenoxy) is 1. The summed E-state index contributed by atoms with van der Waals surface area (Å²) in [4.78, 5) is 0. The molecule has 0 spiro atoms. The van der Waals surface area contributed by atoms with Gasteiger partial charge in [-0.05, 0) is 32.1 Å². The molecule has 1 rings (SSSR count). The van der Waals surface area contributed by atoms with E-state index < -0.39 is 0 Å². The molecule has 3 heteroatoms. The fourth-order valence-electron chi connectivity index (χ4n) is 1.85. The zero-order valence-corrected chi connectivity index (χ0v) is 8.75. The molecule has 0 saturated heterocycles. The summed E-state index contributed by atoms with van der Waals surface area (Å²) in [5.41, 5.74) is 2.88. The Morgan fingerprint density at radius 1 is 1.46 bits per heavy atom. The summed E-state index contributed by atoms with van der Waals surface area (Å²) in [6, 6.07) is 0.345. The second kappa shape index (κ2) is 5.58. The van der Waals surface area contributed by atoms with Gasteiger partial charge in [-0.1, -0.05) is 13.3 Å². The molecule has 2 unspecified atom stereocenters. The first-order chi connectivity index (χ1) is 6.33. The van der Waals surface area contributed by atoms with E-state index in [4.69, 9.17) is 10.6 Å². The van der Waals surface area contributed by atoms with E-state index in [1.54, 1.807) is 0 Å². The van der Waals surface area contributed by atoms with Crippen molar-refractivity contribution in [3.05, 3.63) is 0 Å². The average Bonchev–Trinajstić information content (AvgIpc) is 2.94. The highest BCUT2D eigenvalue weighted by molar-refractivity contribution is 4.89. The summed E-state index contributed by atoms with van der Waals surface area (Å²) in [5.74, 6) is 6.28. The van der Waals surface area contributed by atoms with Gasteiger partial charge in [0, 0.05) is 12.6 Å². The normalized spacial score (nSPS) is 21.5. The molecular formula is C10H22N2O. The van der Waals surface area contributed by atoms with Gasteiger partial charge in [-0.2, -0.15) is 0 Å². The molecule has 1 fully saturated rings. The number of rotatable bonds is 7. The molecule has 13 heavy (non-hydrogen) atoms. The molecule has 3 N–H and O–H groups in total. The Morgan fingerprint density at radius 2 is 2.15 bits per heavy atom. The lowest BCUT2D eigenvalue weighted by atomic mass is 10.0. The summed E-state index contributed by atoms with van der Waals surface area (Å²) < 4.78 is 5.73. The van der Waals surface area contributed by atoms with Crippen LogP contribution in [0.25, 0.3) is 0 Å². The Morgan fingerprint density at radius 3 is 2.54 bits per heavy atom. The zero-order valence-electron chi connectivity index (χ0n) is 8.75. The molecule has 0 radical (unpaired) electrons. The lowest BCUT2D eigenvalue weighted by molar-refractivity contribution is 0.0168. The highest BCUT2D eigenvalue weighted by Gasteiger charge is 2.36. The maximum absolute atomic E-state index is 5.73. The average molecular weight is 186 g/mol. The van der Waals surface area contributed by atoms with Crippen LogP contribution in [-0.2, 0) is 4.74 Å². The summed E-state index contributed by atoms with van der Waals surface area (Å²) >= 11 is 0. The molecule has 0 aromatic carbocycles. The SMILES string of the molecule is CCCC(NN)C(OCC)C1CC1. The fraction of sp³-hybridized carbons (Fsp3) is 1.00. The molecule has 0 aliphatic heterocycles. The van der Waals surface area contributed by atoms with Gasteiger partial charge < -0.3 is 4.74 Å². The lowest BCUT2D eigenvalue weighted by Crippen LogP contribution is -2.46. The number of hydrogen-bond donors (Lipinski definition) is 2. The standard InChI is InChI=1S/C10H22N2O/c1-3-5-9(12-11)10(13-4-2)8-6-7-8/h8-10,12H,3-7,11H2,1-2H3. The third-order valence-corrected chi connectivity index (χ3v) is 2.66. The molecule has 0 bridgehead atoms. The first kappa shape index (κ1) is 11.0. The van der Waals surface area contributed by atoms with Crippen molar-refractivity contribution in [1.29, 1.82) is 0 Å². The van der Waals surface area contributed by atoms with Crippen LogP contribution in [0.1, 0.15) is 39.5 Å². The van der Waals surface area contributed by atoms with E-state index in [0.717, 1.165) is 25.4 Å². The molecule has 78 valence electrons. The first-order valence-electron chi connectivity index (χ1n) is 5.41. The minimum absolute atomic E-state index is 0.343. The van der Waals surface area contributed by atoms with Crippen LogP contribution in [0.15, 0.2) is 0 Å². The molecule has 3 nitrogen and oxygen atoms in total. The van der Waals surface area contributed by atoms with Crippen LogP contribution in [-0.4, -0.2) is 18.8 Å². The number of nitrogens with one attached hydrogen (secondary N) is 1. The van der Waals surface area contributed by atoms with Crippen molar-refractivity contribution in [3.63, 3.8) is 0 Å². The van der Waals surface area contributed by atoms with Gasteiger partial charge in [0.2, 0.25) is 0 Å². The lowest BCUT2D eigenvalue weighted by Gasteiger charge is -2.26. The van der Waals surface area contributed by atoms with E-state index >= 15 is 0 Å². The maximum atomic E-state index is 5.73. The van der Waals surface area contributed by atoms with E-state index in [1.807, 2.05) is 0 Å². The fourth-order valence-corrected chi connectivity index (χ4v) is 1.85. The molecule has 0 heterocycles. The van der Waals surface area contributed by atoms with Gasteiger partial charge in [0.05, 0.1) is 6.10 Å². The van der Waals surface area contributed by atoms with Crippen molar-refractivity contribution in [2.24, 2.45) is 11.8 Å². The number of hydrazine groups is 1. The number of hydrogen-bond acceptors (Lipinski definition) is 3. The van der Waals surface area contributed by atoms with Crippen LogP contribution in [0, 0.1) is 5.92 Å². The Labute approximate surface area is 81.0 Å². The largest absolute Gasteiger partial charge is 0.377 e. The Kier molecular flexibility index (Phi) is 4.70. The van der Waals surface area contributed by atoms with E-state index in [-0.39, 0.29) is 0 Å². The van der Waals surface area contributed by atoms with Crippen LogP contribution >= 0.6 is 0 Å². The quantitative estimate of drug-likeness (QED) is 0.467. The Hall–Kier alpha value is -0.120. The molecule has 1 aliphatic rings.